The molecule has 0 spiro atoms. The first kappa shape index (κ1) is 17.6. The lowest BCUT2D eigenvalue weighted by atomic mass is 10.2. The van der Waals surface area contributed by atoms with E-state index in [4.69, 9.17) is 13.8 Å². The Morgan fingerprint density at radius 3 is 1.22 bits per heavy atom. The summed E-state index contributed by atoms with van der Waals surface area (Å²) >= 11 is 0. The third-order valence-corrected chi connectivity index (χ3v) is 4.72. The number of ether oxygens (including phenoxy) is 1. The molecule has 0 saturated carbocycles. The molecule has 2 N–H and O–H groups in total. The Morgan fingerprint density at radius 2 is 0.957 bits per heavy atom. The summed E-state index contributed by atoms with van der Waals surface area (Å²) in [7, 11) is -8.42. The maximum Gasteiger partial charge on any atom is 0.294 e. The fourth-order valence-electron chi connectivity index (χ4n) is 1.80. The smallest absolute Gasteiger partial charge is 0.294 e. The second-order valence-electron chi connectivity index (χ2n) is 4.73. The normalized spacial score (nSPS) is 12.3. The maximum absolute atomic E-state index is 10.9. The molecule has 124 valence electrons. The zero-order chi connectivity index (χ0) is 17.1. The number of benzene rings is 2. The zero-order valence-electron chi connectivity index (χ0n) is 11.8. The summed E-state index contributed by atoms with van der Waals surface area (Å²) in [5.41, 5.74) is 1.43. The topological polar surface area (TPSA) is 118 Å². The molecule has 0 radical (unpaired) electrons. The predicted octanol–water partition coefficient (Wildman–Crippen LogP) is 1.90. The van der Waals surface area contributed by atoms with Gasteiger partial charge in [0.25, 0.3) is 20.2 Å². The van der Waals surface area contributed by atoms with Crippen LogP contribution < -0.4 is 0 Å². The van der Waals surface area contributed by atoms with Crippen molar-refractivity contribution in [2.45, 2.75) is 23.0 Å². The van der Waals surface area contributed by atoms with E-state index in [9.17, 15) is 16.8 Å². The largest absolute Gasteiger partial charge is 0.372 e. The number of rotatable bonds is 6. The molecule has 0 heterocycles. The molecule has 0 aliphatic carbocycles. The van der Waals surface area contributed by atoms with Gasteiger partial charge in [-0.05, 0) is 35.4 Å². The highest BCUT2D eigenvalue weighted by atomic mass is 32.2. The van der Waals surface area contributed by atoms with Crippen LogP contribution in [0.4, 0.5) is 0 Å². The zero-order valence-corrected chi connectivity index (χ0v) is 13.4. The van der Waals surface area contributed by atoms with Crippen molar-refractivity contribution >= 4 is 20.2 Å². The highest BCUT2D eigenvalue weighted by Gasteiger charge is 2.09. The third kappa shape index (κ3) is 5.12. The molecule has 0 bridgehead atoms. The molecule has 0 aliphatic heterocycles. The van der Waals surface area contributed by atoms with Crippen molar-refractivity contribution in [1.82, 2.24) is 0 Å². The lowest BCUT2D eigenvalue weighted by molar-refractivity contribution is 0.107. The van der Waals surface area contributed by atoms with Gasteiger partial charge in [0.15, 0.2) is 0 Å². The molecule has 0 saturated heterocycles. The Morgan fingerprint density at radius 1 is 0.652 bits per heavy atom. The van der Waals surface area contributed by atoms with Crippen LogP contribution in [0.1, 0.15) is 11.1 Å². The minimum atomic E-state index is -4.21. The maximum atomic E-state index is 10.9. The minimum absolute atomic E-state index is 0.193. The van der Waals surface area contributed by atoms with Gasteiger partial charge in [-0.2, -0.15) is 16.8 Å². The molecule has 0 unspecified atom stereocenters. The van der Waals surface area contributed by atoms with E-state index < -0.39 is 20.2 Å². The number of hydrogen-bond donors (Lipinski definition) is 2. The summed E-state index contributed by atoms with van der Waals surface area (Å²) in [6.07, 6.45) is 0. The fraction of sp³-hybridized carbons (Fsp3) is 0.143. The Bertz CT molecular complexity index is 792. The molecule has 9 heteroatoms. The van der Waals surface area contributed by atoms with Crippen LogP contribution in [0.15, 0.2) is 58.3 Å². The highest BCUT2D eigenvalue weighted by molar-refractivity contribution is 7.86. The van der Waals surface area contributed by atoms with E-state index in [1.807, 2.05) is 0 Å². The summed E-state index contributed by atoms with van der Waals surface area (Å²) in [5.74, 6) is 0. The van der Waals surface area contributed by atoms with Crippen molar-refractivity contribution in [3.8, 4) is 0 Å². The van der Waals surface area contributed by atoms with Gasteiger partial charge < -0.3 is 4.74 Å². The second-order valence-corrected chi connectivity index (χ2v) is 7.57. The Kier molecular flexibility index (Phi) is 5.17. The minimum Gasteiger partial charge on any atom is -0.372 e. The van der Waals surface area contributed by atoms with Crippen LogP contribution in [0.25, 0.3) is 0 Å². The summed E-state index contributed by atoms with van der Waals surface area (Å²) in [6.45, 7) is 0.428. The SMILES string of the molecule is O=S(=O)(O)c1ccc(COCc2ccc(S(=O)(=O)O)cc2)cc1. The van der Waals surface area contributed by atoms with E-state index in [0.29, 0.717) is 11.1 Å². The summed E-state index contributed by atoms with van der Waals surface area (Å²) in [5, 5.41) is 0. The van der Waals surface area contributed by atoms with Gasteiger partial charge in [0.2, 0.25) is 0 Å². The standard InChI is InChI=1S/C14H14O7S2/c15-22(16,17)13-5-1-11(2-6-13)9-21-10-12-3-7-14(8-4-12)23(18,19)20/h1-8H,9-10H2,(H,15,16,17)(H,18,19,20). The van der Waals surface area contributed by atoms with Crippen LogP contribution >= 0.6 is 0 Å². The van der Waals surface area contributed by atoms with Crippen molar-refractivity contribution in [1.29, 1.82) is 0 Å². The lowest BCUT2D eigenvalue weighted by Crippen LogP contribution is -2.00. The van der Waals surface area contributed by atoms with E-state index in [1.165, 1.54) is 48.5 Å². The first-order valence-corrected chi connectivity index (χ1v) is 9.25. The van der Waals surface area contributed by atoms with Gasteiger partial charge in [-0.15, -0.1) is 0 Å². The molecule has 0 atom stereocenters. The third-order valence-electron chi connectivity index (χ3n) is 2.98. The molecule has 7 nitrogen and oxygen atoms in total. The fourth-order valence-corrected chi connectivity index (χ4v) is 2.76. The van der Waals surface area contributed by atoms with Crippen LogP contribution in [0.2, 0.25) is 0 Å². The summed E-state index contributed by atoms with van der Waals surface area (Å²) in [4.78, 5) is -0.385. The summed E-state index contributed by atoms with van der Waals surface area (Å²) < 4.78 is 66.8. The Labute approximate surface area is 134 Å². The van der Waals surface area contributed by atoms with Gasteiger partial charge in [0.05, 0.1) is 23.0 Å². The molecular formula is C14H14O7S2. The van der Waals surface area contributed by atoms with Crippen LogP contribution in [-0.4, -0.2) is 25.9 Å². The van der Waals surface area contributed by atoms with Crippen molar-refractivity contribution in [3.63, 3.8) is 0 Å². The van der Waals surface area contributed by atoms with Crippen molar-refractivity contribution in [2.24, 2.45) is 0 Å². The monoisotopic (exact) mass is 358 g/mol. The molecule has 2 rings (SSSR count). The van der Waals surface area contributed by atoms with Gasteiger partial charge in [-0.3, -0.25) is 9.11 Å². The molecule has 23 heavy (non-hydrogen) atoms. The van der Waals surface area contributed by atoms with Crippen LogP contribution in [0, 0.1) is 0 Å². The van der Waals surface area contributed by atoms with Crippen molar-refractivity contribution < 1.29 is 30.7 Å². The molecule has 0 aromatic heterocycles. The van der Waals surface area contributed by atoms with E-state index in [0.717, 1.165) is 0 Å². The first-order valence-electron chi connectivity index (χ1n) is 6.37. The van der Waals surface area contributed by atoms with Gasteiger partial charge in [-0.25, -0.2) is 0 Å². The van der Waals surface area contributed by atoms with Crippen LogP contribution in [0.3, 0.4) is 0 Å². The molecular weight excluding hydrogens is 344 g/mol. The second kappa shape index (κ2) is 6.77. The molecule has 0 fully saturated rings. The van der Waals surface area contributed by atoms with Gasteiger partial charge in [0.1, 0.15) is 0 Å². The van der Waals surface area contributed by atoms with Crippen LogP contribution in [-0.2, 0) is 38.2 Å². The quantitative estimate of drug-likeness (QED) is 0.757. The Hall–Kier alpha value is -1.78. The van der Waals surface area contributed by atoms with E-state index in [1.54, 1.807) is 0 Å². The van der Waals surface area contributed by atoms with Gasteiger partial charge in [0, 0.05) is 0 Å². The predicted molar refractivity (Wildman–Crippen MR) is 81.0 cm³/mol. The van der Waals surface area contributed by atoms with E-state index in [2.05, 4.69) is 0 Å². The average molecular weight is 358 g/mol. The van der Waals surface area contributed by atoms with E-state index >= 15 is 0 Å². The molecule has 0 aliphatic rings. The van der Waals surface area contributed by atoms with Gasteiger partial charge in [-0.1, -0.05) is 24.3 Å². The molecule has 2 aromatic carbocycles. The van der Waals surface area contributed by atoms with Gasteiger partial charge >= 0.3 is 0 Å². The average Bonchev–Trinajstić information content (AvgIpc) is 2.46. The highest BCUT2D eigenvalue weighted by Crippen LogP contribution is 2.13. The van der Waals surface area contributed by atoms with Crippen molar-refractivity contribution in [3.05, 3.63) is 59.7 Å². The number of hydrogen-bond acceptors (Lipinski definition) is 5. The Balaban J connectivity index is 1.92. The van der Waals surface area contributed by atoms with Crippen molar-refractivity contribution in [2.75, 3.05) is 0 Å². The first-order chi connectivity index (χ1) is 10.7. The van der Waals surface area contributed by atoms with E-state index in [-0.39, 0.29) is 23.0 Å². The molecule has 2 aromatic rings. The van der Waals surface area contributed by atoms with Crippen LogP contribution in [0.5, 0.6) is 0 Å². The summed E-state index contributed by atoms with van der Waals surface area (Å²) in [6, 6.07) is 11.2. The molecule has 0 amide bonds. The lowest BCUT2D eigenvalue weighted by Gasteiger charge is -2.06.